The van der Waals surface area contributed by atoms with Gasteiger partial charge in [-0.15, -0.1) is 0 Å². The molecule has 0 bridgehead atoms. The van der Waals surface area contributed by atoms with Crippen molar-refractivity contribution in [3.63, 3.8) is 0 Å². The Morgan fingerprint density at radius 2 is 1.91 bits per heavy atom. The summed E-state index contributed by atoms with van der Waals surface area (Å²) in [5.41, 5.74) is 5.05. The predicted octanol–water partition coefficient (Wildman–Crippen LogP) is 2.36. The lowest BCUT2D eigenvalue weighted by Gasteiger charge is -2.20. The molecule has 0 fully saturated rings. The van der Waals surface area contributed by atoms with E-state index in [0.29, 0.717) is 25.4 Å². The van der Waals surface area contributed by atoms with Crippen molar-refractivity contribution in [2.24, 2.45) is 0 Å². The van der Waals surface area contributed by atoms with Crippen LogP contribution in [-0.2, 0) is 30.6 Å². The van der Waals surface area contributed by atoms with Gasteiger partial charge in [0.15, 0.2) is 0 Å². The van der Waals surface area contributed by atoms with Crippen LogP contribution in [0.25, 0.3) is 0 Å². The molecule has 4 nitrogen and oxygen atoms in total. The first-order valence-electron chi connectivity index (χ1n) is 8.01. The first kappa shape index (κ1) is 14.3. The maximum atomic E-state index is 12.7. The van der Waals surface area contributed by atoms with Gasteiger partial charge < -0.3 is 15.2 Å². The molecule has 2 N–H and O–H groups in total. The third kappa shape index (κ3) is 2.59. The van der Waals surface area contributed by atoms with Crippen LogP contribution in [0.4, 0.5) is 0 Å². The molecule has 2 aromatic carbocycles. The maximum Gasteiger partial charge on any atom is 0.251 e. The number of hydrogen-bond donors (Lipinski definition) is 2. The van der Waals surface area contributed by atoms with Crippen LogP contribution in [0.5, 0.6) is 5.75 Å². The van der Waals surface area contributed by atoms with Gasteiger partial charge in [0.2, 0.25) is 0 Å². The van der Waals surface area contributed by atoms with Gasteiger partial charge in [-0.2, -0.15) is 0 Å². The zero-order chi connectivity index (χ0) is 15.8. The highest BCUT2D eigenvalue weighted by Gasteiger charge is 2.26. The normalized spacial score (nSPS) is 19.0. The number of aromatic hydroxyl groups is 1. The number of nitrogens with one attached hydrogen (secondary N) is 1. The molecule has 2 aliphatic rings. The largest absolute Gasteiger partial charge is 0.508 e. The SMILES string of the molecule is O=C(NC1Cc2cccc(O)c2C1)c1cccc2c1CCOC2. The van der Waals surface area contributed by atoms with Crippen LogP contribution in [0.2, 0.25) is 0 Å². The van der Waals surface area contributed by atoms with Gasteiger partial charge in [0.05, 0.1) is 13.2 Å². The molecular weight excluding hydrogens is 290 g/mol. The molecule has 0 saturated heterocycles. The molecule has 2 aromatic rings. The van der Waals surface area contributed by atoms with E-state index in [9.17, 15) is 9.90 Å². The molecule has 4 heteroatoms. The highest BCUT2D eigenvalue weighted by molar-refractivity contribution is 5.96. The molecule has 0 saturated carbocycles. The molecule has 1 heterocycles. The zero-order valence-corrected chi connectivity index (χ0v) is 12.8. The van der Waals surface area contributed by atoms with Crippen LogP contribution in [0.1, 0.15) is 32.6 Å². The molecule has 1 atom stereocenters. The highest BCUT2D eigenvalue weighted by atomic mass is 16.5. The Hall–Kier alpha value is -2.33. The third-order valence-corrected chi connectivity index (χ3v) is 4.77. The Balaban J connectivity index is 1.53. The van der Waals surface area contributed by atoms with Gasteiger partial charge in [0.1, 0.15) is 5.75 Å². The molecule has 1 aliphatic carbocycles. The summed E-state index contributed by atoms with van der Waals surface area (Å²) in [5.74, 6) is 0.300. The second-order valence-corrected chi connectivity index (χ2v) is 6.24. The van der Waals surface area contributed by atoms with Crippen molar-refractivity contribution < 1.29 is 14.6 Å². The average molecular weight is 309 g/mol. The maximum absolute atomic E-state index is 12.7. The van der Waals surface area contributed by atoms with Crippen molar-refractivity contribution in [1.82, 2.24) is 5.32 Å². The number of hydrogen-bond acceptors (Lipinski definition) is 3. The van der Waals surface area contributed by atoms with Crippen LogP contribution in [0.15, 0.2) is 36.4 Å². The molecule has 23 heavy (non-hydrogen) atoms. The van der Waals surface area contributed by atoms with E-state index in [0.717, 1.165) is 40.7 Å². The molecule has 118 valence electrons. The van der Waals surface area contributed by atoms with Gasteiger partial charge >= 0.3 is 0 Å². The molecule has 0 spiro atoms. The van der Waals surface area contributed by atoms with Crippen LogP contribution in [0, 0.1) is 0 Å². The van der Waals surface area contributed by atoms with E-state index in [1.54, 1.807) is 6.07 Å². The van der Waals surface area contributed by atoms with E-state index in [2.05, 4.69) is 5.32 Å². The fraction of sp³-hybridized carbons (Fsp3) is 0.316. The van der Waals surface area contributed by atoms with Crippen molar-refractivity contribution in [3.8, 4) is 5.75 Å². The topological polar surface area (TPSA) is 58.6 Å². The summed E-state index contributed by atoms with van der Waals surface area (Å²) in [4.78, 5) is 12.7. The Morgan fingerprint density at radius 1 is 1.09 bits per heavy atom. The van der Waals surface area contributed by atoms with Crippen molar-refractivity contribution in [3.05, 3.63) is 64.2 Å². The summed E-state index contributed by atoms with van der Waals surface area (Å²) < 4.78 is 5.46. The lowest BCUT2D eigenvalue weighted by atomic mass is 9.96. The first-order chi connectivity index (χ1) is 11.2. The number of phenolic OH excluding ortho intramolecular Hbond substituents is 1. The third-order valence-electron chi connectivity index (χ3n) is 4.77. The first-order valence-corrected chi connectivity index (χ1v) is 8.01. The number of carbonyl (C=O) groups is 1. The van der Waals surface area contributed by atoms with E-state index in [4.69, 9.17) is 4.74 Å². The van der Waals surface area contributed by atoms with Crippen LogP contribution in [-0.4, -0.2) is 23.7 Å². The number of phenols is 1. The number of rotatable bonds is 2. The molecule has 1 unspecified atom stereocenters. The smallest absolute Gasteiger partial charge is 0.251 e. The van der Waals surface area contributed by atoms with Crippen molar-refractivity contribution >= 4 is 5.91 Å². The van der Waals surface area contributed by atoms with Crippen molar-refractivity contribution in [2.75, 3.05) is 6.61 Å². The van der Waals surface area contributed by atoms with Crippen LogP contribution < -0.4 is 5.32 Å². The lowest BCUT2D eigenvalue weighted by molar-refractivity contribution is 0.0927. The van der Waals surface area contributed by atoms with Gasteiger partial charge in [-0.1, -0.05) is 24.3 Å². The van der Waals surface area contributed by atoms with Gasteiger partial charge in [-0.3, -0.25) is 4.79 Å². The van der Waals surface area contributed by atoms with E-state index < -0.39 is 0 Å². The fourth-order valence-corrected chi connectivity index (χ4v) is 3.63. The monoisotopic (exact) mass is 309 g/mol. The summed E-state index contributed by atoms with van der Waals surface area (Å²) >= 11 is 0. The molecule has 1 amide bonds. The Labute approximate surface area is 135 Å². The summed E-state index contributed by atoms with van der Waals surface area (Å²) in [5, 5.41) is 13.1. The Morgan fingerprint density at radius 3 is 2.78 bits per heavy atom. The number of benzene rings is 2. The van der Waals surface area contributed by atoms with E-state index >= 15 is 0 Å². The molecule has 1 aliphatic heterocycles. The number of fused-ring (bicyclic) bond motifs is 2. The number of carbonyl (C=O) groups excluding carboxylic acids is 1. The quantitative estimate of drug-likeness (QED) is 0.895. The number of ether oxygens (including phenoxy) is 1. The van der Waals surface area contributed by atoms with Gasteiger partial charge in [-0.25, -0.2) is 0 Å². The number of amides is 1. The average Bonchev–Trinajstić information content (AvgIpc) is 2.98. The van der Waals surface area contributed by atoms with Crippen LogP contribution in [0.3, 0.4) is 0 Å². The predicted molar refractivity (Wildman–Crippen MR) is 86.6 cm³/mol. The van der Waals surface area contributed by atoms with Crippen molar-refractivity contribution in [2.45, 2.75) is 31.9 Å². The van der Waals surface area contributed by atoms with Gasteiger partial charge in [0, 0.05) is 11.6 Å². The molecule has 0 aromatic heterocycles. The second-order valence-electron chi connectivity index (χ2n) is 6.24. The van der Waals surface area contributed by atoms with Gasteiger partial charge in [-0.05, 0) is 53.6 Å². The highest BCUT2D eigenvalue weighted by Crippen LogP contribution is 2.30. The van der Waals surface area contributed by atoms with E-state index in [1.807, 2.05) is 30.3 Å². The molecule has 4 rings (SSSR count). The molecular formula is C19H19NO3. The zero-order valence-electron chi connectivity index (χ0n) is 12.8. The molecule has 0 radical (unpaired) electrons. The van der Waals surface area contributed by atoms with E-state index in [-0.39, 0.29) is 11.9 Å². The van der Waals surface area contributed by atoms with Gasteiger partial charge in [0.25, 0.3) is 5.91 Å². The summed E-state index contributed by atoms with van der Waals surface area (Å²) in [6, 6.07) is 11.4. The van der Waals surface area contributed by atoms with Crippen LogP contribution >= 0.6 is 0 Å². The van der Waals surface area contributed by atoms with E-state index in [1.165, 1.54) is 0 Å². The standard InChI is InChI=1S/C19H19NO3/c21-18-6-2-3-12-9-14(10-17(12)18)20-19(22)16-5-1-4-13-11-23-8-7-15(13)16/h1-6,14,21H,7-11H2,(H,20,22). The summed E-state index contributed by atoms with van der Waals surface area (Å²) in [6.45, 7) is 1.25. The Bertz CT molecular complexity index is 769. The minimum absolute atomic E-state index is 0.0268. The minimum atomic E-state index is -0.0268. The second kappa shape index (κ2) is 5.70. The summed E-state index contributed by atoms with van der Waals surface area (Å²) in [7, 11) is 0. The summed E-state index contributed by atoms with van der Waals surface area (Å²) in [6.07, 6.45) is 2.24. The fourth-order valence-electron chi connectivity index (χ4n) is 3.63. The Kier molecular flexibility index (Phi) is 3.54. The van der Waals surface area contributed by atoms with Crippen molar-refractivity contribution in [1.29, 1.82) is 0 Å². The lowest BCUT2D eigenvalue weighted by Crippen LogP contribution is -2.36. The minimum Gasteiger partial charge on any atom is -0.508 e.